The highest BCUT2D eigenvalue weighted by Crippen LogP contribution is 2.19. The molecule has 70 valence electrons. The summed E-state index contributed by atoms with van der Waals surface area (Å²) in [4.78, 5) is 10.2. The highest BCUT2D eigenvalue weighted by molar-refractivity contribution is 8.04. The zero-order valence-electron chi connectivity index (χ0n) is 6.82. The van der Waals surface area contributed by atoms with Gasteiger partial charge in [0.2, 0.25) is 15.5 Å². The molecule has 0 fully saturated rings. The third-order valence-corrected chi connectivity index (χ3v) is 3.17. The minimum Gasteiger partial charge on any atom is -0.285 e. The van der Waals surface area contributed by atoms with Crippen LogP contribution in [0.25, 0.3) is 0 Å². The zero-order valence-corrected chi connectivity index (χ0v) is 8.39. The van der Waals surface area contributed by atoms with E-state index in [1.54, 1.807) is 6.92 Å². The lowest BCUT2D eigenvalue weighted by molar-refractivity contribution is 0.556. The Morgan fingerprint density at radius 1 is 1.38 bits per heavy atom. The van der Waals surface area contributed by atoms with Crippen molar-refractivity contribution >= 4 is 27.1 Å². The number of carbonyl (C=O) groups excluding carboxylic acids is 1. The summed E-state index contributed by atoms with van der Waals surface area (Å²) in [6, 6.07) is 4.12. The molecule has 0 atom stereocenters. The molecule has 0 aliphatic carbocycles. The van der Waals surface area contributed by atoms with E-state index in [0.717, 1.165) is 0 Å². The van der Waals surface area contributed by atoms with Gasteiger partial charge in [-0.3, -0.25) is 4.79 Å². The Bertz CT molecular complexity index is 437. The maximum Gasteiger partial charge on any atom is 0.238 e. The van der Waals surface area contributed by atoms with Gasteiger partial charge in [0.1, 0.15) is 0 Å². The lowest BCUT2D eigenvalue weighted by Crippen LogP contribution is -2.01. The van der Waals surface area contributed by atoms with E-state index in [0.29, 0.717) is 10.6 Å². The predicted molar refractivity (Wildman–Crippen MR) is 50.1 cm³/mol. The second-order valence-corrected chi connectivity index (χ2v) is 4.71. The molecule has 0 saturated carbocycles. The Kier molecular flexibility index (Phi) is 2.73. The number of sulfone groups is 1. The summed E-state index contributed by atoms with van der Waals surface area (Å²) in [5, 5.41) is 0.477. The van der Waals surface area contributed by atoms with Crippen LogP contribution in [0.1, 0.15) is 5.56 Å². The summed E-state index contributed by atoms with van der Waals surface area (Å²) in [5.74, 6) is 0. The van der Waals surface area contributed by atoms with E-state index >= 15 is 0 Å². The molecule has 13 heavy (non-hydrogen) atoms. The van der Waals surface area contributed by atoms with Crippen molar-refractivity contribution in [2.45, 2.75) is 11.8 Å². The van der Waals surface area contributed by atoms with Crippen LogP contribution in [0.15, 0.2) is 23.1 Å². The fourth-order valence-corrected chi connectivity index (χ4v) is 1.68. The monoisotopic (exact) mass is 218 g/mol. The molecule has 1 rings (SSSR count). The quantitative estimate of drug-likeness (QED) is 0.709. The van der Waals surface area contributed by atoms with Crippen molar-refractivity contribution < 1.29 is 13.2 Å². The maximum atomic E-state index is 11.1. The smallest absolute Gasteiger partial charge is 0.238 e. The summed E-state index contributed by atoms with van der Waals surface area (Å²) in [6.07, 6.45) is 0. The van der Waals surface area contributed by atoms with Gasteiger partial charge in [-0.25, -0.2) is 8.42 Å². The van der Waals surface area contributed by atoms with Crippen LogP contribution in [0.2, 0.25) is 5.02 Å². The molecule has 1 aromatic carbocycles. The molecule has 3 nitrogen and oxygen atoms in total. The number of hydrogen-bond donors (Lipinski definition) is 0. The lowest BCUT2D eigenvalue weighted by atomic mass is 10.2. The standard InChI is InChI=1S/C8H7ClO3S/c1-6-4-7(2-3-8(6)9)13(11,12)5-10/h2-5H,1H3. The van der Waals surface area contributed by atoms with E-state index in [1.807, 2.05) is 0 Å². The normalized spacial score (nSPS) is 11.2. The van der Waals surface area contributed by atoms with Crippen molar-refractivity contribution in [3.05, 3.63) is 28.8 Å². The van der Waals surface area contributed by atoms with Gasteiger partial charge in [-0.15, -0.1) is 0 Å². The van der Waals surface area contributed by atoms with Gasteiger partial charge in [0.05, 0.1) is 4.90 Å². The Morgan fingerprint density at radius 2 is 2.00 bits per heavy atom. The number of halogens is 1. The Balaban J connectivity index is 3.35. The molecule has 0 heterocycles. The van der Waals surface area contributed by atoms with Crippen LogP contribution in [0, 0.1) is 6.92 Å². The SMILES string of the molecule is Cc1cc(S(=O)(=O)C=O)ccc1Cl. The van der Waals surface area contributed by atoms with Crippen LogP contribution in [0.3, 0.4) is 0 Å². The van der Waals surface area contributed by atoms with Gasteiger partial charge in [-0.2, -0.15) is 0 Å². The van der Waals surface area contributed by atoms with Crippen molar-refractivity contribution in [3.8, 4) is 0 Å². The number of carbonyl (C=O) groups is 1. The first-order valence-electron chi connectivity index (χ1n) is 3.44. The Morgan fingerprint density at radius 3 is 2.46 bits per heavy atom. The van der Waals surface area contributed by atoms with Crippen LogP contribution >= 0.6 is 11.6 Å². The van der Waals surface area contributed by atoms with Gasteiger partial charge >= 0.3 is 0 Å². The van der Waals surface area contributed by atoms with E-state index in [1.165, 1.54) is 18.2 Å². The van der Waals surface area contributed by atoms with Crippen molar-refractivity contribution in [1.82, 2.24) is 0 Å². The third kappa shape index (κ3) is 2.08. The summed E-state index contributed by atoms with van der Waals surface area (Å²) in [6.45, 7) is 1.67. The molecule has 0 radical (unpaired) electrons. The molecule has 0 unspecified atom stereocenters. The number of rotatable bonds is 2. The van der Waals surface area contributed by atoms with E-state index in [2.05, 4.69) is 0 Å². The molecule has 0 N–H and O–H groups in total. The minimum absolute atomic E-state index is 0.0237. The summed E-state index contributed by atoms with van der Waals surface area (Å²) in [7, 11) is -3.78. The van der Waals surface area contributed by atoms with E-state index in [9.17, 15) is 13.2 Å². The van der Waals surface area contributed by atoms with E-state index in [4.69, 9.17) is 11.6 Å². The first kappa shape index (κ1) is 10.2. The summed E-state index contributed by atoms with van der Waals surface area (Å²) < 4.78 is 22.1. The average molecular weight is 219 g/mol. The fourth-order valence-electron chi connectivity index (χ4n) is 0.850. The van der Waals surface area contributed by atoms with Gasteiger partial charge in [0, 0.05) is 5.02 Å². The first-order chi connectivity index (χ1) is 5.97. The van der Waals surface area contributed by atoms with E-state index in [-0.39, 0.29) is 10.5 Å². The maximum absolute atomic E-state index is 11.1. The molecule has 0 aromatic heterocycles. The molecule has 0 spiro atoms. The minimum atomic E-state index is -3.78. The molecule has 1 aromatic rings. The van der Waals surface area contributed by atoms with Crippen molar-refractivity contribution in [2.75, 3.05) is 0 Å². The van der Waals surface area contributed by atoms with Crippen molar-refractivity contribution in [3.63, 3.8) is 0 Å². The average Bonchev–Trinajstić information content (AvgIpc) is 2.09. The molecular formula is C8H7ClO3S. The second-order valence-electron chi connectivity index (χ2n) is 2.55. The van der Waals surface area contributed by atoms with Gasteiger partial charge in [0.25, 0.3) is 0 Å². The molecule has 0 amide bonds. The molecule has 0 saturated heterocycles. The molecule has 5 heteroatoms. The van der Waals surface area contributed by atoms with Gasteiger partial charge < -0.3 is 0 Å². The van der Waals surface area contributed by atoms with Crippen LogP contribution in [0.4, 0.5) is 0 Å². The van der Waals surface area contributed by atoms with Gasteiger partial charge in [-0.05, 0) is 30.7 Å². The fraction of sp³-hybridized carbons (Fsp3) is 0.125. The van der Waals surface area contributed by atoms with E-state index < -0.39 is 9.84 Å². The largest absolute Gasteiger partial charge is 0.285 e. The molecule has 0 aliphatic rings. The summed E-state index contributed by atoms with van der Waals surface area (Å²) >= 11 is 5.69. The topological polar surface area (TPSA) is 51.2 Å². The molecule has 0 aliphatic heterocycles. The third-order valence-electron chi connectivity index (χ3n) is 1.58. The molecular weight excluding hydrogens is 212 g/mol. The van der Waals surface area contributed by atoms with Crippen LogP contribution in [-0.4, -0.2) is 14.0 Å². The lowest BCUT2D eigenvalue weighted by Gasteiger charge is -2.00. The second kappa shape index (κ2) is 3.47. The number of hydrogen-bond acceptors (Lipinski definition) is 3. The first-order valence-corrected chi connectivity index (χ1v) is 5.36. The Labute approximate surface area is 81.3 Å². The van der Waals surface area contributed by atoms with Crippen molar-refractivity contribution in [2.24, 2.45) is 0 Å². The molecule has 0 bridgehead atoms. The van der Waals surface area contributed by atoms with Gasteiger partial charge in [0.15, 0.2) is 0 Å². The highest BCUT2D eigenvalue weighted by Gasteiger charge is 2.12. The number of aryl methyl sites for hydroxylation is 1. The highest BCUT2D eigenvalue weighted by atomic mass is 35.5. The number of benzene rings is 1. The predicted octanol–water partition coefficient (Wildman–Crippen LogP) is 1.61. The zero-order chi connectivity index (χ0) is 10.1. The van der Waals surface area contributed by atoms with Crippen LogP contribution < -0.4 is 0 Å². The Hall–Kier alpha value is -0.870. The summed E-state index contributed by atoms with van der Waals surface area (Å²) in [5.41, 5.74) is 0.556. The van der Waals surface area contributed by atoms with Crippen LogP contribution in [-0.2, 0) is 14.6 Å². The van der Waals surface area contributed by atoms with Gasteiger partial charge in [-0.1, -0.05) is 11.6 Å². The van der Waals surface area contributed by atoms with Crippen molar-refractivity contribution in [1.29, 1.82) is 0 Å². The van der Waals surface area contributed by atoms with Crippen LogP contribution in [0.5, 0.6) is 0 Å².